The minimum atomic E-state index is -3.57. The van der Waals surface area contributed by atoms with Gasteiger partial charge in [0.2, 0.25) is 5.88 Å². The zero-order valence-corrected chi connectivity index (χ0v) is 15.7. The minimum absolute atomic E-state index is 0.0130. The standard InChI is InChI=1S/C19H16F3N5O3/c1-18(19(21,22)10-29-9-15(24)27-18)13-6-12(3-4-14(13)20)26-17(28)30-16-5-2-11(7-23)8-25-16/h2-6,8H,9-10H2,1H3,(H2,24,27)(H,26,28). The van der Waals surface area contributed by atoms with E-state index in [2.05, 4.69) is 15.3 Å². The fraction of sp³-hybridized carbons (Fsp3) is 0.263. The third kappa shape index (κ3) is 4.18. The number of hydrogen-bond acceptors (Lipinski definition) is 7. The molecule has 3 rings (SSSR count). The van der Waals surface area contributed by atoms with Crippen LogP contribution in [0.1, 0.15) is 18.1 Å². The number of anilines is 1. The number of rotatable bonds is 3. The first-order valence-corrected chi connectivity index (χ1v) is 8.59. The van der Waals surface area contributed by atoms with E-state index in [1.165, 1.54) is 24.4 Å². The van der Waals surface area contributed by atoms with Crippen LogP contribution in [0.5, 0.6) is 5.88 Å². The number of nitrogens with two attached hydrogens (primary N) is 1. The second-order valence-corrected chi connectivity index (χ2v) is 6.58. The van der Waals surface area contributed by atoms with Gasteiger partial charge in [0.05, 0.1) is 5.56 Å². The van der Waals surface area contributed by atoms with Crippen molar-refractivity contribution >= 4 is 17.6 Å². The van der Waals surface area contributed by atoms with Crippen LogP contribution in [0.4, 0.5) is 23.7 Å². The maximum absolute atomic E-state index is 14.7. The van der Waals surface area contributed by atoms with Crippen molar-refractivity contribution in [3.8, 4) is 11.9 Å². The number of amides is 1. The van der Waals surface area contributed by atoms with Crippen LogP contribution < -0.4 is 15.8 Å². The van der Waals surface area contributed by atoms with Gasteiger partial charge in [-0.05, 0) is 31.2 Å². The third-order valence-corrected chi connectivity index (χ3v) is 4.41. The maximum atomic E-state index is 14.7. The Morgan fingerprint density at radius 2 is 2.13 bits per heavy atom. The molecule has 0 aliphatic carbocycles. The molecule has 1 amide bonds. The number of ether oxygens (including phenoxy) is 2. The predicted octanol–water partition coefficient (Wildman–Crippen LogP) is 2.94. The first-order chi connectivity index (χ1) is 14.1. The zero-order valence-electron chi connectivity index (χ0n) is 15.7. The van der Waals surface area contributed by atoms with Gasteiger partial charge in [-0.25, -0.2) is 22.9 Å². The SMILES string of the molecule is CC1(c2cc(NC(=O)Oc3ccc(C#N)cn3)ccc2F)N=C(N)COCC1(F)F. The van der Waals surface area contributed by atoms with Crippen molar-refractivity contribution in [1.29, 1.82) is 5.26 Å². The van der Waals surface area contributed by atoms with E-state index in [9.17, 15) is 18.0 Å². The number of aromatic nitrogens is 1. The van der Waals surface area contributed by atoms with Crippen molar-refractivity contribution in [3.63, 3.8) is 0 Å². The molecule has 0 fully saturated rings. The normalized spacial score (nSPS) is 20.4. The van der Waals surface area contributed by atoms with Gasteiger partial charge in [-0.2, -0.15) is 5.26 Å². The van der Waals surface area contributed by atoms with Gasteiger partial charge in [-0.3, -0.25) is 10.3 Å². The molecule has 3 N–H and O–H groups in total. The molecule has 2 aromatic rings. The fourth-order valence-electron chi connectivity index (χ4n) is 2.80. The Kier molecular flexibility index (Phi) is 5.62. The molecule has 0 saturated carbocycles. The van der Waals surface area contributed by atoms with E-state index in [0.717, 1.165) is 19.1 Å². The molecule has 0 bridgehead atoms. The molecule has 0 spiro atoms. The highest BCUT2D eigenvalue weighted by Crippen LogP contribution is 2.44. The van der Waals surface area contributed by atoms with E-state index in [0.29, 0.717) is 0 Å². The molecule has 30 heavy (non-hydrogen) atoms. The number of aliphatic imine (C=N–C) groups is 1. The van der Waals surface area contributed by atoms with Crippen LogP contribution in [-0.2, 0) is 10.3 Å². The number of halogens is 3. The summed E-state index contributed by atoms with van der Waals surface area (Å²) < 4.78 is 53.7. The lowest BCUT2D eigenvalue weighted by Crippen LogP contribution is -2.45. The van der Waals surface area contributed by atoms with E-state index >= 15 is 0 Å². The van der Waals surface area contributed by atoms with Crippen LogP contribution >= 0.6 is 0 Å². The highest BCUT2D eigenvalue weighted by molar-refractivity contribution is 5.86. The van der Waals surface area contributed by atoms with Crippen LogP contribution in [0.2, 0.25) is 0 Å². The molecule has 11 heteroatoms. The molecule has 1 aromatic heterocycles. The zero-order chi connectivity index (χ0) is 21.9. The summed E-state index contributed by atoms with van der Waals surface area (Å²) in [5.41, 5.74) is 3.02. The lowest BCUT2D eigenvalue weighted by molar-refractivity contribution is -0.116. The Hall–Kier alpha value is -3.65. The molecule has 1 aliphatic heterocycles. The van der Waals surface area contributed by atoms with Gasteiger partial charge in [0.1, 0.15) is 30.9 Å². The summed E-state index contributed by atoms with van der Waals surface area (Å²) in [5, 5.41) is 11.0. The molecular formula is C19H16F3N5O3. The number of carbonyl (C=O) groups excluding carboxylic acids is 1. The van der Waals surface area contributed by atoms with Gasteiger partial charge in [-0.15, -0.1) is 0 Å². The molecule has 2 heterocycles. The number of nitriles is 1. The Labute approximate surface area is 169 Å². The van der Waals surface area contributed by atoms with E-state index in [1.54, 1.807) is 0 Å². The number of benzene rings is 1. The summed E-state index contributed by atoms with van der Waals surface area (Å²) in [6.45, 7) is -0.276. The van der Waals surface area contributed by atoms with Gasteiger partial charge >= 0.3 is 6.09 Å². The number of carbonyl (C=O) groups is 1. The Balaban J connectivity index is 1.86. The van der Waals surface area contributed by atoms with E-state index in [4.69, 9.17) is 20.5 Å². The largest absolute Gasteiger partial charge is 0.418 e. The molecule has 156 valence electrons. The second-order valence-electron chi connectivity index (χ2n) is 6.58. The summed E-state index contributed by atoms with van der Waals surface area (Å²) in [4.78, 5) is 19.6. The van der Waals surface area contributed by atoms with E-state index < -0.39 is 35.5 Å². The van der Waals surface area contributed by atoms with Gasteiger partial charge in [0, 0.05) is 23.5 Å². The fourth-order valence-corrected chi connectivity index (χ4v) is 2.80. The Bertz CT molecular complexity index is 1040. The van der Waals surface area contributed by atoms with Crippen molar-refractivity contribution in [1.82, 2.24) is 4.98 Å². The number of alkyl halides is 2. The summed E-state index contributed by atoms with van der Waals surface area (Å²) in [5.74, 6) is -4.83. The molecule has 1 atom stereocenters. The summed E-state index contributed by atoms with van der Waals surface area (Å²) in [6, 6.07) is 7.68. The Morgan fingerprint density at radius 1 is 1.37 bits per heavy atom. The van der Waals surface area contributed by atoms with Crippen LogP contribution in [0.3, 0.4) is 0 Å². The monoisotopic (exact) mass is 419 g/mol. The number of hydrogen-bond donors (Lipinski definition) is 2. The topological polar surface area (TPSA) is 123 Å². The molecule has 1 unspecified atom stereocenters. The lowest BCUT2D eigenvalue weighted by Gasteiger charge is -2.33. The van der Waals surface area contributed by atoms with Crippen LogP contribution in [-0.4, -0.2) is 36.0 Å². The highest BCUT2D eigenvalue weighted by atomic mass is 19.3. The third-order valence-electron chi connectivity index (χ3n) is 4.41. The smallest absolute Gasteiger partial charge is 0.391 e. The number of pyridine rings is 1. The van der Waals surface area contributed by atoms with Crippen molar-refractivity contribution in [2.75, 3.05) is 18.5 Å². The summed E-state index contributed by atoms with van der Waals surface area (Å²) in [7, 11) is 0. The van der Waals surface area contributed by atoms with Gasteiger partial charge in [0.25, 0.3) is 5.92 Å². The van der Waals surface area contributed by atoms with Gasteiger partial charge in [-0.1, -0.05) is 0 Å². The van der Waals surface area contributed by atoms with Crippen molar-refractivity contribution in [2.45, 2.75) is 18.4 Å². The predicted molar refractivity (Wildman–Crippen MR) is 99.7 cm³/mol. The quantitative estimate of drug-likeness (QED) is 0.789. The summed E-state index contributed by atoms with van der Waals surface area (Å²) in [6.07, 6.45) is 0.215. The van der Waals surface area contributed by atoms with Crippen LogP contribution in [0.25, 0.3) is 0 Å². The first-order valence-electron chi connectivity index (χ1n) is 8.59. The van der Waals surface area contributed by atoms with E-state index in [-0.39, 0.29) is 29.6 Å². The van der Waals surface area contributed by atoms with Crippen LogP contribution in [0, 0.1) is 17.1 Å². The highest BCUT2D eigenvalue weighted by Gasteiger charge is 2.54. The Morgan fingerprint density at radius 3 is 2.80 bits per heavy atom. The van der Waals surface area contributed by atoms with Crippen molar-refractivity contribution < 1.29 is 27.4 Å². The van der Waals surface area contributed by atoms with Crippen molar-refractivity contribution in [3.05, 3.63) is 53.5 Å². The van der Waals surface area contributed by atoms with Crippen LogP contribution in [0.15, 0.2) is 41.5 Å². The molecule has 0 radical (unpaired) electrons. The minimum Gasteiger partial charge on any atom is -0.391 e. The number of nitrogens with zero attached hydrogens (tertiary/aromatic N) is 3. The average molecular weight is 419 g/mol. The second kappa shape index (κ2) is 8.00. The molecule has 8 nitrogen and oxygen atoms in total. The molecule has 1 aromatic carbocycles. The molecule has 0 saturated heterocycles. The maximum Gasteiger partial charge on any atom is 0.418 e. The summed E-state index contributed by atoms with van der Waals surface area (Å²) >= 11 is 0. The van der Waals surface area contributed by atoms with E-state index in [1.807, 2.05) is 6.07 Å². The molecule has 1 aliphatic rings. The first kappa shape index (κ1) is 21.1. The van der Waals surface area contributed by atoms with Crippen molar-refractivity contribution in [2.24, 2.45) is 10.7 Å². The number of amidine groups is 1. The lowest BCUT2D eigenvalue weighted by atomic mass is 9.85. The van der Waals surface area contributed by atoms with Gasteiger partial charge in [0.15, 0.2) is 5.54 Å². The average Bonchev–Trinajstić information content (AvgIpc) is 2.79. The van der Waals surface area contributed by atoms with Gasteiger partial charge < -0.3 is 15.2 Å². The number of nitrogens with one attached hydrogen (secondary N) is 1. The molecular weight excluding hydrogens is 403 g/mol.